The van der Waals surface area contributed by atoms with E-state index in [9.17, 15) is 4.79 Å². The Labute approximate surface area is 101 Å². The second-order valence-electron chi connectivity index (χ2n) is 3.91. The zero-order valence-electron chi connectivity index (χ0n) is 9.68. The summed E-state index contributed by atoms with van der Waals surface area (Å²) in [4.78, 5) is 15.8. The van der Waals surface area contributed by atoms with Crippen LogP contribution in [0.4, 0.5) is 0 Å². The molecule has 0 saturated carbocycles. The highest BCUT2D eigenvalue weighted by Gasteiger charge is 2.07. The molecular weight excluding hydrogens is 212 g/mol. The van der Waals surface area contributed by atoms with Crippen LogP contribution in [0.1, 0.15) is 23.8 Å². The molecule has 1 aromatic heterocycles. The molecule has 1 aromatic rings. The molecular formula is C14H14N2O. The van der Waals surface area contributed by atoms with Crippen LogP contribution in [0.2, 0.25) is 0 Å². The number of hydrogen-bond acceptors (Lipinski definition) is 2. The summed E-state index contributed by atoms with van der Waals surface area (Å²) in [7, 11) is 0. The summed E-state index contributed by atoms with van der Waals surface area (Å²) in [5.74, 6) is -0.186. The first kappa shape index (κ1) is 11.3. The number of nitrogens with one attached hydrogen (secondary N) is 1. The van der Waals surface area contributed by atoms with E-state index in [1.54, 1.807) is 24.4 Å². The molecule has 0 radical (unpaired) electrons. The molecule has 1 heterocycles. The Balaban J connectivity index is 2.10. The molecule has 1 N–H and O–H groups in total. The Morgan fingerprint density at radius 3 is 3.00 bits per heavy atom. The highest BCUT2D eigenvalue weighted by Crippen LogP contribution is 2.09. The third-order valence-electron chi connectivity index (χ3n) is 2.44. The molecule has 0 bridgehead atoms. The summed E-state index contributed by atoms with van der Waals surface area (Å²) in [5, 5.41) is 2.82. The number of pyridine rings is 1. The Hall–Kier alpha value is -2.16. The van der Waals surface area contributed by atoms with Gasteiger partial charge in [-0.3, -0.25) is 9.78 Å². The molecule has 0 aromatic carbocycles. The average molecular weight is 226 g/mol. The highest BCUT2D eigenvalue weighted by atomic mass is 16.1. The Bertz CT molecular complexity index is 498. The quantitative estimate of drug-likeness (QED) is 0.842. The summed E-state index contributed by atoms with van der Waals surface area (Å²) in [5.41, 5.74) is 2.48. The SMILES string of the molecule is CC1=CC=C(NC(=O)c2ccccn2)C=CC1. The minimum absolute atomic E-state index is 0.186. The van der Waals surface area contributed by atoms with E-state index in [4.69, 9.17) is 0 Å². The van der Waals surface area contributed by atoms with Gasteiger partial charge >= 0.3 is 0 Å². The number of aromatic nitrogens is 1. The molecule has 86 valence electrons. The maximum atomic E-state index is 11.8. The lowest BCUT2D eigenvalue weighted by molar-refractivity contribution is 0.0962. The van der Waals surface area contributed by atoms with E-state index in [1.165, 1.54) is 5.57 Å². The van der Waals surface area contributed by atoms with E-state index in [-0.39, 0.29) is 5.91 Å². The van der Waals surface area contributed by atoms with Crippen LogP contribution in [0.15, 0.2) is 60.0 Å². The first-order valence-electron chi connectivity index (χ1n) is 5.52. The second kappa shape index (κ2) is 5.25. The molecule has 2 rings (SSSR count). The van der Waals surface area contributed by atoms with E-state index in [2.05, 4.69) is 17.2 Å². The standard InChI is InChI=1S/C14H14N2O/c1-11-5-4-6-12(9-8-11)16-14(17)13-7-2-3-10-15-13/h2-4,6-10H,5H2,1H3,(H,16,17). The van der Waals surface area contributed by atoms with Crippen molar-refractivity contribution < 1.29 is 4.79 Å². The van der Waals surface area contributed by atoms with Gasteiger partial charge in [0.25, 0.3) is 5.91 Å². The van der Waals surface area contributed by atoms with Crippen LogP contribution < -0.4 is 5.32 Å². The lowest BCUT2D eigenvalue weighted by Crippen LogP contribution is -2.22. The summed E-state index contributed by atoms with van der Waals surface area (Å²) in [6.07, 6.45) is 10.4. The zero-order chi connectivity index (χ0) is 12.1. The van der Waals surface area contributed by atoms with Crippen LogP contribution in [0.3, 0.4) is 0 Å². The van der Waals surface area contributed by atoms with E-state index >= 15 is 0 Å². The van der Waals surface area contributed by atoms with Crippen molar-refractivity contribution >= 4 is 5.91 Å². The van der Waals surface area contributed by atoms with Crippen molar-refractivity contribution in [2.24, 2.45) is 0 Å². The van der Waals surface area contributed by atoms with E-state index in [1.807, 2.05) is 24.3 Å². The second-order valence-corrected chi connectivity index (χ2v) is 3.91. The fraction of sp³-hybridized carbons (Fsp3) is 0.143. The van der Waals surface area contributed by atoms with E-state index in [0.717, 1.165) is 12.1 Å². The van der Waals surface area contributed by atoms with Crippen LogP contribution in [-0.2, 0) is 0 Å². The Kier molecular flexibility index (Phi) is 3.50. The molecule has 3 nitrogen and oxygen atoms in total. The van der Waals surface area contributed by atoms with Crippen LogP contribution in [-0.4, -0.2) is 10.9 Å². The van der Waals surface area contributed by atoms with Gasteiger partial charge in [0.1, 0.15) is 5.69 Å². The van der Waals surface area contributed by atoms with Gasteiger partial charge in [-0.05, 0) is 37.6 Å². The molecule has 17 heavy (non-hydrogen) atoms. The number of hydrogen-bond donors (Lipinski definition) is 1. The molecule has 0 saturated heterocycles. The van der Waals surface area contributed by atoms with Gasteiger partial charge < -0.3 is 5.32 Å². The number of amides is 1. The minimum Gasteiger partial charge on any atom is -0.321 e. The summed E-state index contributed by atoms with van der Waals surface area (Å²) < 4.78 is 0. The van der Waals surface area contributed by atoms with Crippen molar-refractivity contribution in [1.82, 2.24) is 10.3 Å². The number of allylic oxidation sites excluding steroid dienone is 5. The number of carbonyl (C=O) groups excluding carboxylic acids is 1. The normalized spacial score (nSPS) is 14.6. The van der Waals surface area contributed by atoms with Crippen molar-refractivity contribution in [2.45, 2.75) is 13.3 Å². The molecule has 1 amide bonds. The smallest absolute Gasteiger partial charge is 0.274 e. The number of nitrogens with zero attached hydrogens (tertiary/aromatic N) is 1. The fourth-order valence-corrected chi connectivity index (χ4v) is 1.50. The zero-order valence-corrected chi connectivity index (χ0v) is 9.68. The lowest BCUT2D eigenvalue weighted by atomic mass is 10.2. The van der Waals surface area contributed by atoms with E-state index in [0.29, 0.717) is 5.69 Å². The van der Waals surface area contributed by atoms with Crippen LogP contribution in [0.5, 0.6) is 0 Å². The van der Waals surface area contributed by atoms with Crippen molar-refractivity contribution in [3.05, 3.63) is 65.7 Å². The van der Waals surface area contributed by atoms with Gasteiger partial charge in [0.15, 0.2) is 0 Å². The molecule has 1 aliphatic rings. The van der Waals surface area contributed by atoms with Gasteiger partial charge in [-0.1, -0.05) is 23.8 Å². The number of carbonyl (C=O) groups is 1. The third-order valence-corrected chi connectivity index (χ3v) is 2.44. The van der Waals surface area contributed by atoms with Gasteiger partial charge in [-0.15, -0.1) is 0 Å². The summed E-state index contributed by atoms with van der Waals surface area (Å²) >= 11 is 0. The summed E-state index contributed by atoms with van der Waals surface area (Å²) in [6, 6.07) is 5.27. The number of rotatable bonds is 2. The van der Waals surface area contributed by atoms with Crippen LogP contribution >= 0.6 is 0 Å². The van der Waals surface area contributed by atoms with Gasteiger partial charge in [0.05, 0.1) is 0 Å². The van der Waals surface area contributed by atoms with E-state index < -0.39 is 0 Å². The van der Waals surface area contributed by atoms with Crippen molar-refractivity contribution in [3.63, 3.8) is 0 Å². The van der Waals surface area contributed by atoms with Gasteiger partial charge in [-0.2, -0.15) is 0 Å². The maximum Gasteiger partial charge on any atom is 0.274 e. The predicted octanol–water partition coefficient (Wildman–Crippen LogP) is 2.60. The molecule has 0 spiro atoms. The van der Waals surface area contributed by atoms with Crippen molar-refractivity contribution in [3.8, 4) is 0 Å². The van der Waals surface area contributed by atoms with Gasteiger partial charge in [0, 0.05) is 11.9 Å². The molecule has 0 fully saturated rings. The molecule has 0 atom stereocenters. The van der Waals surface area contributed by atoms with Crippen LogP contribution in [0, 0.1) is 0 Å². The minimum atomic E-state index is -0.186. The van der Waals surface area contributed by atoms with Gasteiger partial charge in [0.2, 0.25) is 0 Å². The maximum absolute atomic E-state index is 11.8. The summed E-state index contributed by atoms with van der Waals surface area (Å²) in [6.45, 7) is 2.06. The monoisotopic (exact) mass is 226 g/mol. The lowest BCUT2D eigenvalue weighted by Gasteiger charge is -2.03. The first-order valence-corrected chi connectivity index (χ1v) is 5.52. The largest absolute Gasteiger partial charge is 0.321 e. The van der Waals surface area contributed by atoms with Crippen molar-refractivity contribution in [2.75, 3.05) is 0 Å². The predicted molar refractivity (Wildman–Crippen MR) is 67.3 cm³/mol. The molecule has 0 aliphatic heterocycles. The molecule has 1 aliphatic carbocycles. The van der Waals surface area contributed by atoms with Crippen molar-refractivity contribution in [1.29, 1.82) is 0 Å². The third kappa shape index (κ3) is 3.14. The fourth-order valence-electron chi connectivity index (χ4n) is 1.50. The Morgan fingerprint density at radius 1 is 1.35 bits per heavy atom. The first-order chi connectivity index (χ1) is 8.25. The van der Waals surface area contributed by atoms with Crippen LogP contribution in [0.25, 0.3) is 0 Å². The highest BCUT2D eigenvalue weighted by molar-refractivity contribution is 5.93. The average Bonchev–Trinajstić information content (AvgIpc) is 2.56. The molecule has 0 unspecified atom stereocenters. The molecule has 3 heteroatoms. The topological polar surface area (TPSA) is 42.0 Å². The van der Waals surface area contributed by atoms with Gasteiger partial charge in [-0.25, -0.2) is 0 Å². The Morgan fingerprint density at radius 2 is 2.24 bits per heavy atom.